The molecular weight excluding hydrogens is 302 g/mol. The number of anilines is 1. The Morgan fingerprint density at radius 2 is 1.96 bits per heavy atom. The van der Waals surface area contributed by atoms with E-state index in [0.717, 1.165) is 30.0 Å². The van der Waals surface area contributed by atoms with Crippen LogP contribution in [0.5, 0.6) is 0 Å². The minimum Gasteiger partial charge on any atom is -0.378 e. The van der Waals surface area contributed by atoms with Crippen LogP contribution < -0.4 is 10.2 Å². The number of hydrogen-bond donors (Lipinski definition) is 1. The number of amides is 1. The van der Waals surface area contributed by atoms with Gasteiger partial charge in [-0.15, -0.1) is 0 Å². The molecule has 1 aliphatic heterocycles. The lowest BCUT2D eigenvalue weighted by Crippen LogP contribution is -2.37. The van der Waals surface area contributed by atoms with Gasteiger partial charge >= 0.3 is 0 Å². The van der Waals surface area contributed by atoms with Crippen molar-refractivity contribution in [3.05, 3.63) is 65.9 Å². The number of carbonyl (C=O) groups is 1. The summed E-state index contributed by atoms with van der Waals surface area (Å²) in [6.07, 6.45) is 5.15. The van der Waals surface area contributed by atoms with Gasteiger partial charge in [0.05, 0.1) is 13.2 Å². The largest absolute Gasteiger partial charge is 0.378 e. The molecule has 2 aromatic rings. The van der Waals surface area contributed by atoms with Gasteiger partial charge in [0.15, 0.2) is 0 Å². The maximum atomic E-state index is 12.0. The molecular formula is C19H21N3O2. The van der Waals surface area contributed by atoms with Crippen LogP contribution in [0.15, 0.2) is 54.7 Å². The zero-order chi connectivity index (χ0) is 16.6. The fourth-order valence-electron chi connectivity index (χ4n) is 2.61. The topological polar surface area (TPSA) is 54.5 Å². The molecule has 124 valence electrons. The van der Waals surface area contributed by atoms with E-state index in [1.165, 1.54) is 0 Å². The van der Waals surface area contributed by atoms with Gasteiger partial charge in [0.2, 0.25) is 5.91 Å². The minimum atomic E-state index is -0.115. The van der Waals surface area contributed by atoms with Crippen molar-refractivity contribution in [3.63, 3.8) is 0 Å². The summed E-state index contributed by atoms with van der Waals surface area (Å²) in [5.41, 5.74) is 2.02. The van der Waals surface area contributed by atoms with Crippen molar-refractivity contribution < 1.29 is 9.53 Å². The summed E-state index contributed by atoms with van der Waals surface area (Å²) < 4.78 is 5.38. The number of aromatic nitrogens is 1. The Balaban J connectivity index is 1.60. The lowest BCUT2D eigenvalue weighted by Gasteiger charge is -2.29. The summed E-state index contributed by atoms with van der Waals surface area (Å²) in [5.74, 6) is 0.809. The highest BCUT2D eigenvalue weighted by atomic mass is 16.5. The van der Waals surface area contributed by atoms with Crippen molar-refractivity contribution in [1.29, 1.82) is 0 Å². The second-order valence-electron chi connectivity index (χ2n) is 5.55. The van der Waals surface area contributed by atoms with Crippen LogP contribution in [0.4, 0.5) is 5.82 Å². The molecule has 0 atom stereocenters. The Morgan fingerprint density at radius 1 is 1.17 bits per heavy atom. The van der Waals surface area contributed by atoms with Gasteiger partial charge in [-0.2, -0.15) is 0 Å². The highest BCUT2D eigenvalue weighted by molar-refractivity contribution is 5.91. The van der Waals surface area contributed by atoms with E-state index < -0.39 is 0 Å². The second-order valence-corrected chi connectivity index (χ2v) is 5.55. The molecule has 1 fully saturated rings. The number of nitrogens with one attached hydrogen (secondary N) is 1. The summed E-state index contributed by atoms with van der Waals surface area (Å²) in [4.78, 5) is 18.7. The third kappa shape index (κ3) is 4.43. The zero-order valence-corrected chi connectivity index (χ0v) is 13.5. The molecule has 0 aliphatic carbocycles. The van der Waals surface area contributed by atoms with E-state index in [9.17, 15) is 4.79 Å². The lowest BCUT2D eigenvalue weighted by molar-refractivity contribution is -0.116. The van der Waals surface area contributed by atoms with Crippen LogP contribution in [-0.4, -0.2) is 37.2 Å². The Labute approximate surface area is 142 Å². The van der Waals surface area contributed by atoms with E-state index in [-0.39, 0.29) is 5.91 Å². The van der Waals surface area contributed by atoms with E-state index in [2.05, 4.69) is 15.2 Å². The van der Waals surface area contributed by atoms with Crippen molar-refractivity contribution >= 4 is 17.8 Å². The first-order valence-electron chi connectivity index (χ1n) is 8.10. The Kier molecular flexibility index (Phi) is 5.58. The van der Waals surface area contributed by atoms with Gasteiger partial charge < -0.3 is 15.0 Å². The van der Waals surface area contributed by atoms with Crippen LogP contribution in [0, 0.1) is 0 Å². The van der Waals surface area contributed by atoms with Crippen molar-refractivity contribution in [2.75, 3.05) is 31.2 Å². The number of ether oxygens (including phenoxy) is 1. The fourth-order valence-corrected chi connectivity index (χ4v) is 2.61. The lowest BCUT2D eigenvalue weighted by atomic mass is 10.2. The summed E-state index contributed by atoms with van der Waals surface area (Å²) in [6.45, 7) is 3.53. The quantitative estimate of drug-likeness (QED) is 0.858. The van der Waals surface area contributed by atoms with Gasteiger partial charge in [0.1, 0.15) is 5.82 Å². The first kappa shape index (κ1) is 16.2. The predicted molar refractivity (Wildman–Crippen MR) is 94.6 cm³/mol. The van der Waals surface area contributed by atoms with Gasteiger partial charge in [-0.05, 0) is 17.7 Å². The fraction of sp³-hybridized carbons (Fsp3) is 0.263. The molecule has 0 bridgehead atoms. The third-order valence-electron chi connectivity index (χ3n) is 3.86. The zero-order valence-electron chi connectivity index (χ0n) is 13.5. The first-order chi connectivity index (χ1) is 11.8. The van der Waals surface area contributed by atoms with E-state index >= 15 is 0 Å². The molecule has 0 radical (unpaired) electrons. The SMILES string of the molecule is O=C(/C=C/c1ccccc1)NCc1cccnc1N1CCOCC1. The molecule has 24 heavy (non-hydrogen) atoms. The first-order valence-corrected chi connectivity index (χ1v) is 8.10. The van der Waals surface area contributed by atoms with Crippen LogP contribution >= 0.6 is 0 Å². The maximum absolute atomic E-state index is 12.0. The number of hydrogen-bond acceptors (Lipinski definition) is 4. The van der Waals surface area contributed by atoms with Gasteiger partial charge in [-0.1, -0.05) is 36.4 Å². The average Bonchev–Trinajstić information content (AvgIpc) is 2.66. The average molecular weight is 323 g/mol. The molecule has 1 aromatic carbocycles. The van der Waals surface area contributed by atoms with E-state index in [4.69, 9.17) is 4.74 Å². The van der Waals surface area contributed by atoms with Crippen LogP contribution in [0.3, 0.4) is 0 Å². The number of rotatable bonds is 5. The summed E-state index contributed by atoms with van der Waals surface area (Å²) in [5, 5.41) is 2.93. The highest BCUT2D eigenvalue weighted by Crippen LogP contribution is 2.18. The van der Waals surface area contributed by atoms with Crippen molar-refractivity contribution in [2.45, 2.75) is 6.54 Å². The van der Waals surface area contributed by atoms with Crippen LogP contribution in [-0.2, 0) is 16.1 Å². The molecule has 2 heterocycles. The van der Waals surface area contributed by atoms with Gasteiger partial charge in [0, 0.05) is 37.5 Å². The number of carbonyl (C=O) groups excluding carboxylic acids is 1. The Bertz CT molecular complexity index is 695. The second kappa shape index (κ2) is 8.26. The van der Waals surface area contributed by atoms with Crippen molar-refractivity contribution in [2.24, 2.45) is 0 Å². The number of nitrogens with zero attached hydrogens (tertiary/aromatic N) is 2. The number of morpholine rings is 1. The number of pyridine rings is 1. The molecule has 1 N–H and O–H groups in total. The highest BCUT2D eigenvalue weighted by Gasteiger charge is 2.15. The van der Waals surface area contributed by atoms with Crippen molar-refractivity contribution in [3.8, 4) is 0 Å². The molecule has 1 amide bonds. The summed E-state index contributed by atoms with van der Waals surface area (Å²) >= 11 is 0. The number of benzene rings is 1. The monoisotopic (exact) mass is 323 g/mol. The Morgan fingerprint density at radius 3 is 2.75 bits per heavy atom. The molecule has 0 spiro atoms. The predicted octanol–water partition coefficient (Wildman–Crippen LogP) is 2.25. The molecule has 5 heteroatoms. The molecule has 0 saturated carbocycles. The van der Waals surface area contributed by atoms with Crippen LogP contribution in [0.2, 0.25) is 0 Å². The van der Waals surface area contributed by atoms with Crippen molar-refractivity contribution in [1.82, 2.24) is 10.3 Å². The van der Waals surface area contributed by atoms with Crippen LogP contribution in [0.1, 0.15) is 11.1 Å². The van der Waals surface area contributed by atoms with Crippen LogP contribution in [0.25, 0.3) is 6.08 Å². The van der Waals surface area contributed by atoms with Gasteiger partial charge in [-0.25, -0.2) is 4.98 Å². The smallest absolute Gasteiger partial charge is 0.244 e. The maximum Gasteiger partial charge on any atom is 0.244 e. The van der Waals surface area contributed by atoms with E-state index in [1.807, 2.05) is 48.5 Å². The molecule has 5 nitrogen and oxygen atoms in total. The van der Waals surface area contributed by atoms with E-state index in [1.54, 1.807) is 12.3 Å². The molecule has 1 saturated heterocycles. The van der Waals surface area contributed by atoms with Gasteiger partial charge in [-0.3, -0.25) is 4.79 Å². The third-order valence-corrected chi connectivity index (χ3v) is 3.86. The molecule has 3 rings (SSSR count). The summed E-state index contributed by atoms with van der Waals surface area (Å²) in [7, 11) is 0. The normalized spacial score (nSPS) is 14.8. The van der Waals surface area contributed by atoms with E-state index in [0.29, 0.717) is 19.8 Å². The standard InChI is InChI=1S/C19H21N3O2/c23-18(9-8-16-5-2-1-3-6-16)21-15-17-7-4-10-20-19(17)22-11-13-24-14-12-22/h1-10H,11-15H2,(H,21,23)/b9-8+. The molecule has 1 aliphatic rings. The molecule has 1 aromatic heterocycles. The summed E-state index contributed by atoms with van der Waals surface area (Å²) in [6, 6.07) is 13.7. The van der Waals surface area contributed by atoms with Gasteiger partial charge in [0.25, 0.3) is 0 Å². The minimum absolute atomic E-state index is 0.115. The Hall–Kier alpha value is -2.66. The molecule has 0 unspecified atom stereocenters.